The normalized spacial score (nSPS) is 34.0. The maximum Gasteiger partial charge on any atom is 0.223 e. The van der Waals surface area contributed by atoms with Crippen molar-refractivity contribution in [3.63, 3.8) is 0 Å². The number of rotatable bonds is 6. The second-order valence-electron chi connectivity index (χ2n) is 9.99. The Kier molecular flexibility index (Phi) is 4.90. The lowest BCUT2D eigenvalue weighted by Crippen LogP contribution is -2.69. The Hall–Kier alpha value is -2.32. The maximum absolute atomic E-state index is 13.0. The molecule has 3 aliphatic carbocycles. The lowest BCUT2D eigenvalue weighted by Gasteiger charge is -2.59. The number of piperidine rings is 1. The molecular weight excluding hydrogens is 394 g/mol. The number of phenols is 1. The fraction of sp³-hybridized carbons (Fsp3) is 0.652. The molecule has 2 saturated carbocycles. The van der Waals surface area contributed by atoms with Crippen LogP contribution in [0, 0.1) is 17.2 Å². The van der Waals surface area contributed by atoms with E-state index in [4.69, 9.17) is 11.1 Å². The summed E-state index contributed by atoms with van der Waals surface area (Å²) < 4.78 is 0. The van der Waals surface area contributed by atoms with Crippen LogP contribution in [0.5, 0.6) is 5.75 Å². The highest BCUT2D eigenvalue weighted by molar-refractivity contribution is 5.80. The van der Waals surface area contributed by atoms with Crippen molar-refractivity contribution in [2.24, 2.45) is 17.6 Å². The van der Waals surface area contributed by atoms with E-state index in [1.807, 2.05) is 12.1 Å². The van der Waals surface area contributed by atoms with Gasteiger partial charge in [0.2, 0.25) is 5.91 Å². The lowest BCUT2D eigenvalue weighted by atomic mass is 9.56. The van der Waals surface area contributed by atoms with Gasteiger partial charge >= 0.3 is 0 Å². The van der Waals surface area contributed by atoms with Crippen molar-refractivity contribution in [2.75, 3.05) is 26.2 Å². The minimum absolute atomic E-state index is 0.0103. The summed E-state index contributed by atoms with van der Waals surface area (Å²) in [6, 6.07) is 5.57. The van der Waals surface area contributed by atoms with Crippen LogP contribution in [0.3, 0.4) is 0 Å². The highest BCUT2D eigenvalue weighted by Gasteiger charge is 2.68. The van der Waals surface area contributed by atoms with E-state index in [0.29, 0.717) is 25.9 Å². The topological polar surface area (TPSA) is 135 Å². The van der Waals surface area contributed by atoms with Gasteiger partial charge in [0.25, 0.3) is 0 Å². The molecule has 7 N–H and O–H groups in total. The number of guanidine groups is 1. The molecule has 168 valence electrons. The number of benzene rings is 1. The monoisotopic (exact) mass is 427 g/mol. The minimum atomic E-state index is -0.972. The molecule has 0 spiro atoms. The van der Waals surface area contributed by atoms with E-state index in [0.717, 1.165) is 37.4 Å². The van der Waals surface area contributed by atoms with Crippen LogP contribution < -0.4 is 16.4 Å². The highest BCUT2D eigenvalue weighted by Crippen LogP contribution is 2.62. The molecule has 31 heavy (non-hydrogen) atoms. The van der Waals surface area contributed by atoms with Crippen molar-refractivity contribution >= 4 is 11.9 Å². The van der Waals surface area contributed by atoms with Gasteiger partial charge < -0.3 is 26.6 Å². The number of phenolic OH excluding ortho intramolecular Hbond substituents is 1. The number of aliphatic hydroxyl groups is 1. The smallest absolute Gasteiger partial charge is 0.223 e. The average Bonchev–Trinajstić information content (AvgIpc) is 3.47. The predicted octanol–water partition coefficient (Wildman–Crippen LogP) is 0.411. The highest BCUT2D eigenvalue weighted by atomic mass is 16.3. The zero-order valence-corrected chi connectivity index (χ0v) is 17.9. The molecule has 1 aliphatic heterocycles. The van der Waals surface area contributed by atoms with Crippen LogP contribution in [0.1, 0.15) is 43.2 Å². The molecule has 0 radical (unpaired) electrons. The molecule has 0 aromatic heterocycles. The molecule has 4 aliphatic rings. The third kappa shape index (κ3) is 3.36. The average molecular weight is 428 g/mol. The molecule has 5 rings (SSSR count). The third-order valence-electron chi connectivity index (χ3n) is 8.12. The molecule has 1 aromatic rings. The number of amides is 1. The fourth-order valence-electron chi connectivity index (χ4n) is 6.54. The second kappa shape index (κ2) is 7.38. The van der Waals surface area contributed by atoms with Crippen LogP contribution in [0.25, 0.3) is 0 Å². The van der Waals surface area contributed by atoms with Gasteiger partial charge in [-0.05, 0) is 74.2 Å². The Morgan fingerprint density at radius 2 is 2.03 bits per heavy atom. The van der Waals surface area contributed by atoms with Crippen molar-refractivity contribution in [3.8, 4) is 5.75 Å². The molecule has 3 fully saturated rings. The minimum Gasteiger partial charge on any atom is -0.508 e. The van der Waals surface area contributed by atoms with Crippen molar-refractivity contribution in [3.05, 3.63) is 29.3 Å². The van der Waals surface area contributed by atoms with Gasteiger partial charge in [0, 0.05) is 37.0 Å². The van der Waals surface area contributed by atoms with E-state index in [2.05, 4.69) is 15.5 Å². The van der Waals surface area contributed by atoms with E-state index >= 15 is 0 Å². The number of nitrogens with two attached hydrogens (primary N) is 1. The molecular formula is C23H33N5O3. The van der Waals surface area contributed by atoms with Crippen LogP contribution in [-0.2, 0) is 16.6 Å². The molecule has 1 unspecified atom stereocenters. The van der Waals surface area contributed by atoms with Crippen molar-refractivity contribution in [2.45, 2.75) is 55.6 Å². The van der Waals surface area contributed by atoms with Gasteiger partial charge in [-0.15, -0.1) is 0 Å². The largest absolute Gasteiger partial charge is 0.508 e. The van der Waals surface area contributed by atoms with E-state index < -0.39 is 11.0 Å². The summed E-state index contributed by atoms with van der Waals surface area (Å²) in [5.74, 6) is 0.516. The first-order chi connectivity index (χ1) is 14.8. The summed E-state index contributed by atoms with van der Waals surface area (Å²) in [5, 5.41) is 35.3. The first kappa shape index (κ1) is 20.6. The lowest BCUT2D eigenvalue weighted by molar-refractivity contribution is -0.134. The number of hydrogen-bond donors (Lipinski definition) is 6. The summed E-state index contributed by atoms with van der Waals surface area (Å²) >= 11 is 0. The Labute approximate surface area is 182 Å². The van der Waals surface area contributed by atoms with Crippen LogP contribution in [0.15, 0.2) is 18.2 Å². The maximum atomic E-state index is 13.0. The van der Waals surface area contributed by atoms with Gasteiger partial charge in [0.05, 0.1) is 5.60 Å². The van der Waals surface area contributed by atoms with E-state index in [1.165, 1.54) is 18.4 Å². The molecule has 1 heterocycles. The van der Waals surface area contributed by atoms with E-state index in [9.17, 15) is 15.0 Å². The number of likely N-dealkylation sites (tertiary alicyclic amines) is 1. The molecule has 1 aromatic carbocycles. The molecule has 1 saturated heterocycles. The Morgan fingerprint density at radius 1 is 1.26 bits per heavy atom. The molecule has 1 amide bonds. The Balaban J connectivity index is 1.43. The van der Waals surface area contributed by atoms with Crippen LogP contribution >= 0.6 is 0 Å². The molecule has 4 atom stereocenters. The van der Waals surface area contributed by atoms with E-state index in [1.54, 1.807) is 6.07 Å². The van der Waals surface area contributed by atoms with Gasteiger partial charge in [-0.1, -0.05) is 6.07 Å². The standard InChI is InChI=1S/C23H33N5O3/c24-21(25)27-7-6-26-20(30)16-11-22-5-8-28(13-14-1-2-14)19(23(22,31)12-16)9-15-3-4-17(29)10-18(15)22/h3-4,10,14,16,19,29,31H,1-2,5-9,11-13H2,(H,26,30)(H4,24,25,27)/t16-,19-,22?,23-/m1/s1. The number of hydrogen-bond acceptors (Lipinski definition) is 5. The van der Waals surface area contributed by atoms with E-state index in [-0.39, 0.29) is 29.6 Å². The summed E-state index contributed by atoms with van der Waals surface area (Å²) in [7, 11) is 0. The van der Waals surface area contributed by atoms with Crippen molar-refractivity contribution < 1.29 is 15.0 Å². The quantitative estimate of drug-likeness (QED) is 0.221. The fourth-order valence-corrected chi connectivity index (χ4v) is 6.54. The number of fused-ring (bicyclic) bond motifs is 1. The predicted molar refractivity (Wildman–Crippen MR) is 117 cm³/mol. The van der Waals surface area contributed by atoms with Crippen LogP contribution in [0.4, 0.5) is 0 Å². The summed E-state index contributed by atoms with van der Waals surface area (Å²) in [5.41, 5.74) is 6.06. The first-order valence-electron chi connectivity index (χ1n) is 11.5. The molecule has 2 bridgehead atoms. The van der Waals surface area contributed by atoms with Crippen molar-refractivity contribution in [1.82, 2.24) is 15.5 Å². The zero-order valence-electron chi connectivity index (χ0n) is 17.9. The molecule has 8 heteroatoms. The Morgan fingerprint density at radius 3 is 2.77 bits per heavy atom. The zero-order chi connectivity index (χ0) is 21.8. The van der Waals surface area contributed by atoms with Crippen molar-refractivity contribution in [1.29, 1.82) is 5.41 Å². The number of carbonyl (C=O) groups excluding carboxylic acids is 1. The summed E-state index contributed by atoms with van der Waals surface area (Å²) in [6.07, 6.45) is 5.16. The Bertz CT molecular complexity index is 903. The number of nitrogens with one attached hydrogen (secondary N) is 3. The second-order valence-corrected chi connectivity index (χ2v) is 9.99. The van der Waals surface area contributed by atoms with Gasteiger partial charge in [0.15, 0.2) is 5.96 Å². The first-order valence-corrected chi connectivity index (χ1v) is 11.5. The van der Waals surface area contributed by atoms with Crippen LogP contribution in [-0.4, -0.2) is 64.8 Å². The number of nitrogens with zero attached hydrogens (tertiary/aromatic N) is 1. The molecule has 8 nitrogen and oxygen atoms in total. The number of aromatic hydroxyl groups is 1. The van der Waals surface area contributed by atoms with Crippen LogP contribution in [0.2, 0.25) is 0 Å². The third-order valence-corrected chi connectivity index (χ3v) is 8.12. The van der Waals surface area contributed by atoms with Gasteiger partial charge in [-0.2, -0.15) is 0 Å². The number of carbonyl (C=O) groups is 1. The summed E-state index contributed by atoms with van der Waals surface area (Å²) in [4.78, 5) is 15.5. The van der Waals surface area contributed by atoms with Gasteiger partial charge in [-0.25, -0.2) is 0 Å². The van der Waals surface area contributed by atoms with Gasteiger partial charge in [-0.3, -0.25) is 15.1 Å². The van der Waals surface area contributed by atoms with Gasteiger partial charge in [0.1, 0.15) is 5.75 Å². The SMILES string of the molecule is N=C(N)NCCNC(=O)[C@@H]1CC23CCN(CC4CC4)[C@H](Cc4ccc(O)cc42)[C@]3(O)C1. The summed E-state index contributed by atoms with van der Waals surface area (Å²) in [6.45, 7) is 2.74.